The second kappa shape index (κ2) is 7.39. The summed E-state index contributed by atoms with van der Waals surface area (Å²) in [5, 5.41) is 4.62. The minimum atomic E-state index is 0. The lowest BCUT2D eigenvalue weighted by Crippen LogP contribution is -2.44. The van der Waals surface area contributed by atoms with E-state index in [0.717, 1.165) is 37.9 Å². The maximum atomic E-state index is 12.6. The first-order valence-corrected chi connectivity index (χ1v) is 8.25. The molecule has 3 rings (SSSR count). The maximum Gasteiger partial charge on any atom is 0.226 e. The molecule has 1 amide bonds. The molecular formula is C16H21Cl3N2O. The third kappa shape index (κ3) is 3.88. The Morgan fingerprint density at radius 1 is 1.18 bits per heavy atom. The highest BCUT2D eigenvalue weighted by Gasteiger charge is 2.46. The van der Waals surface area contributed by atoms with E-state index in [9.17, 15) is 4.79 Å². The zero-order chi connectivity index (χ0) is 15.0. The quantitative estimate of drug-likeness (QED) is 0.887. The largest absolute Gasteiger partial charge is 0.342 e. The van der Waals surface area contributed by atoms with E-state index < -0.39 is 0 Å². The Morgan fingerprint density at radius 2 is 1.77 bits per heavy atom. The molecule has 1 N–H and O–H groups in total. The summed E-state index contributed by atoms with van der Waals surface area (Å²) < 4.78 is 0. The van der Waals surface area contributed by atoms with E-state index in [1.807, 2.05) is 24.1 Å². The van der Waals surface area contributed by atoms with Crippen LogP contribution < -0.4 is 5.32 Å². The summed E-state index contributed by atoms with van der Waals surface area (Å²) in [6.45, 7) is 2.00. The molecule has 3 nitrogen and oxygen atoms in total. The van der Waals surface area contributed by atoms with Gasteiger partial charge in [-0.15, -0.1) is 12.4 Å². The second-order valence-electron chi connectivity index (χ2n) is 6.08. The van der Waals surface area contributed by atoms with Gasteiger partial charge in [-0.2, -0.15) is 0 Å². The standard InChI is InChI=1S/C16H20Cl2N2O.ClH/c1-20(13-2-4-19-5-3-13)16(21)15-9-14(15)10-6-11(17)8-12(18)7-10;/h6-8,13-15,19H,2-5,9H2,1H3;1H. The molecule has 2 atom stereocenters. The first-order chi connectivity index (χ1) is 10.1. The molecule has 6 heteroatoms. The number of hydrogen-bond acceptors (Lipinski definition) is 2. The fourth-order valence-corrected chi connectivity index (χ4v) is 3.80. The summed E-state index contributed by atoms with van der Waals surface area (Å²) >= 11 is 12.1. The predicted molar refractivity (Wildman–Crippen MR) is 93.2 cm³/mol. The van der Waals surface area contributed by atoms with Gasteiger partial charge < -0.3 is 10.2 Å². The number of halogens is 3. The number of carbonyl (C=O) groups excluding carboxylic acids is 1. The fraction of sp³-hybridized carbons (Fsp3) is 0.562. The Hall–Kier alpha value is -0.480. The lowest BCUT2D eigenvalue weighted by atomic mass is 10.0. The summed E-state index contributed by atoms with van der Waals surface area (Å²) in [6, 6.07) is 5.96. The molecule has 0 bridgehead atoms. The minimum Gasteiger partial charge on any atom is -0.342 e. The molecule has 2 unspecified atom stereocenters. The van der Waals surface area contributed by atoms with Crippen molar-refractivity contribution in [1.82, 2.24) is 10.2 Å². The molecule has 1 aliphatic heterocycles. The van der Waals surface area contributed by atoms with Gasteiger partial charge in [0.05, 0.1) is 0 Å². The van der Waals surface area contributed by atoms with Crippen molar-refractivity contribution in [2.75, 3.05) is 20.1 Å². The number of amides is 1. The van der Waals surface area contributed by atoms with Crippen molar-refractivity contribution in [3.05, 3.63) is 33.8 Å². The van der Waals surface area contributed by atoms with Crippen LogP contribution >= 0.6 is 35.6 Å². The van der Waals surface area contributed by atoms with Crippen molar-refractivity contribution in [3.8, 4) is 0 Å². The topological polar surface area (TPSA) is 32.3 Å². The van der Waals surface area contributed by atoms with Crippen LogP contribution in [-0.4, -0.2) is 37.0 Å². The average molecular weight is 364 g/mol. The zero-order valence-corrected chi connectivity index (χ0v) is 14.8. The summed E-state index contributed by atoms with van der Waals surface area (Å²) in [5.41, 5.74) is 1.09. The van der Waals surface area contributed by atoms with E-state index in [0.29, 0.717) is 16.1 Å². The Morgan fingerprint density at radius 3 is 2.36 bits per heavy atom. The van der Waals surface area contributed by atoms with E-state index in [4.69, 9.17) is 23.2 Å². The molecule has 122 valence electrons. The highest BCUT2D eigenvalue weighted by atomic mass is 35.5. The van der Waals surface area contributed by atoms with Crippen LogP contribution in [0.25, 0.3) is 0 Å². The van der Waals surface area contributed by atoms with E-state index in [-0.39, 0.29) is 30.2 Å². The Balaban J connectivity index is 0.00000176. The van der Waals surface area contributed by atoms with Gasteiger partial charge in [-0.25, -0.2) is 0 Å². The molecule has 2 fully saturated rings. The lowest BCUT2D eigenvalue weighted by Gasteiger charge is -2.32. The first kappa shape index (κ1) is 17.9. The van der Waals surface area contributed by atoms with Gasteiger partial charge in [0, 0.05) is 29.1 Å². The highest BCUT2D eigenvalue weighted by Crippen LogP contribution is 2.49. The fourth-order valence-electron chi connectivity index (χ4n) is 3.26. The number of benzene rings is 1. The van der Waals surface area contributed by atoms with Crippen LogP contribution in [0.4, 0.5) is 0 Å². The monoisotopic (exact) mass is 362 g/mol. The zero-order valence-electron chi connectivity index (χ0n) is 12.5. The van der Waals surface area contributed by atoms with Gasteiger partial charge in [0.2, 0.25) is 5.91 Å². The van der Waals surface area contributed by atoms with Crippen LogP contribution in [-0.2, 0) is 4.79 Å². The Labute approximate surface area is 147 Å². The summed E-state index contributed by atoms with van der Waals surface area (Å²) in [5.74, 6) is 0.639. The van der Waals surface area contributed by atoms with Crippen molar-refractivity contribution >= 4 is 41.5 Å². The molecule has 2 aliphatic rings. The molecule has 1 aromatic carbocycles. The van der Waals surface area contributed by atoms with E-state index in [2.05, 4.69) is 5.32 Å². The van der Waals surface area contributed by atoms with Crippen LogP contribution in [0.1, 0.15) is 30.7 Å². The molecule has 1 aliphatic carbocycles. The van der Waals surface area contributed by atoms with Crippen LogP contribution in [0, 0.1) is 5.92 Å². The van der Waals surface area contributed by atoms with Crippen molar-refractivity contribution in [2.45, 2.75) is 31.2 Å². The number of rotatable bonds is 3. The summed E-state index contributed by atoms with van der Waals surface area (Å²) in [7, 11) is 1.94. The van der Waals surface area contributed by atoms with Gasteiger partial charge in [0.15, 0.2) is 0 Å². The van der Waals surface area contributed by atoms with Gasteiger partial charge in [0.1, 0.15) is 0 Å². The highest BCUT2D eigenvalue weighted by molar-refractivity contribution is 6.34. The molecule has 0 aromatic heterocycles. The molecule has 0 radical (unpaired) electrons. The Kier molecular flexibility index (Phi) is 6.00. The van der Waals surface area contributed by atoms with Crippen LogP contribution in [0.15, 0.2) is 18.2 Å². The van der Waals surface area contributed by atoms with Crippen LogP contribution in [0.2, 0.25) is 10.0 Å². The van der Waals surface area contributed by atoms with Gasteiger partial charge >= 0.3 is 0 Å². The van der Waals surface area contributed by atoms with Crippen molar-refractivity contribution in [3.63, 3.8) is 0 Å². The third-order valence-electron chi connectivity index (χ3n) is 4.62. The molecule has 0 spiro atoms. The second-order valence-corrected chi connectivity index (χ2v) is 6.95. The SMILES string of the molecule is CN(C(=O)C1CC1c1cc(Cl)cc(Cl)c1)C1CCNCC1.Cl. The maximum absolute atomic E-state index is 12.6. The molecule has 1 saturated carbocycles. The van der Waals surface area contributed by atoms with Crippen molar-refractivity contribution < 1.29 is 4.79 Å². The van der Waals surface area contributed by atoms with Crippen LogP contribution in [0.3, 0.4) is 0 Å². The van der Waals surface area contributed by atoms with E-state index >= 15 is 0 Å². The minimum absolute atomic E-state index is 0. The van der Waals surface area contributed by atoms with Crippen molar-refractivity contribution in [1.29, 1.82) is 0 Å². The number of piperidine rings is 1. The van der Waals surface area contributed by atoms with E-state index in [1.165, 1.54) is 0 Å². The third-order valence-corrected chi connectivity index (χ3v) is 5.06. The predicted octanol–water partition coefficient (Wildman–Crippen LogP) is 3.73. The van der Waals surface area contributed by atoms with E-state index in [1.54, 1.807) is 6.07 Å². The smallest absolute Gasteiger partial charge is 0.226 e. The number of carbonyl (C=O) groups is 1. The van der Waals surface area contributed by atoms with Crippen molar-refractivity contribution in [2.24, 2.45) is 5.92 Å². The molecular weight excluding hydrogens is 343 g/mol. The van der Waals surface area contributed by atoms with Gasteiger partial charge in [-0.1, -0.05) is 23.2 Å². The molecule has 1 saturated heterocycles. The number of hydrogen-bond donors (Lipinski definition) is 1. The number of nitrogens with zero attached hydrogens (tertiary/aromatic N) is 1. The summed E-state index contributed by atoms with van der Waals surface area (Å²) in [6.07, 6.45) is 3.00. The molecule has 1 aromatic rings. The van der Waals surface area contributed by atoms with Gasteiger partial charge in [-0.3, -0.25) is 4.79 Å². The molecule has 22 heavy (non-hydrogen) atoms. The summed E-state index contributed by atoms with van der Waals surface area (Å²) in [4.78, 5) is 14.6. The average Bonchev–Trinajstić information content (AvgIpc) is 3.26. The Bertz CT molecular complexity index is 526. The normalized spacial score (nSPS) is 24.5. The molecule has 1 heterocycles. The lowest BCUT2D eigenvalue weighted by molar-refractivity contribution is -0.133. The van der Waals surface area contributed by atoms with Gasteiger partial charge in [-0.05, 0) is 62.0 Å². The van der Waals surface area contributed by atoms with Gasteiger partial charge in [0.25, 0.3) is 0 Å². The number of nitrogens with one attached hydrogen (secondary N) is 1. The van der Waals surface area contributed by atoms with Crippen LogP contribution in [0.5, 0.6) is 0 Å². The first-order valence-electron chi connectivity index (χ1n) is 7.49.